The maximum absolute atomic E-state index is 12.6. The summed E-state index contributed by atoms with van der Waals surface area (Å²) < 4.78 is 0. The molecule has 1 aromatic heterocycles. The standard InChI is InChI=1S/C14H18N6O2/c1-15-14(22)16-9-5-7-20(8-6-9)13(21)10-3-2-4-11-12(10)18-19-17-11/h2-4,9H,5-8H2,1H3,(H2,15,16,22)(H,17,18,19). The van der Waals surface area contributed by atoms with Crippen molar-refractivity contribution in [3.63, 3.8) is 0 Å². The van der Waals surface area contributed by atoms with E-state index < -0.39 is 0 Å². The van der Waals surface area contributed by atoms with Crippen LogP contribution in [0.1, 0.15) is 23.2 Å². The Bertz CT molecular complexity index is 689. The molecule has 1 fully saturated rings. The van der Waals surface area contributed by atoms with Gasteiger partial charge in [-0.15, -0.1) is 0 Å². The molecule has 3 N–H and O–H groups in total. The molecule has 8 heteroatoms. The number of urea groups is 1. The molecular weight excluding hydrogens is 284 g/mol. The van der Waals surface area contributed by atoms with E-state index in [0.29, 0.717) is 29.7 Å². The van der Waals surface area contributed by atoms with Gasteiger partial charge in [-0.2, -0.15) is 15.4 Å². The number of hydrogen-bond acceptors (Lipinski definition) is 4. The largest absolute Gasteiger partial charge is 0.341 e. The highest BCUT2D eigenvalue weighted by Crippen LogP contribution is 2.18. The lowest BCUT2D eigenvalue weighted by Crippen LogP contribution is -2.48. The molecule has 3 rings (SSSR count). The van der Waals surface area contributed by atoms with E-state index in [0.717, 1.165) is 12.8 Å². The zero-order chi connectivity index (χ0) is 15.5. The van der Waals surface area contributed by atoms with Crippen LogP contribution >= 0.6 is 0 Å². The van der Waals surface area contributed by atoms with Gasteiger partial charge in [0.25, 0.3) is 5.91 Å². The molecule has 116 valence electrons. The lowest BCUT2D eigenvalue weighted by Gasteiger charge is -2.32. The van der Waals surface area contributed by atoms with Gasteiger partial charge in [-0.1, -0.05) is 6.07 Å². The van der Waals surface area contributed by atoms with Crippen LogP contribution in [0.3, 0.4) is 0 Å². The van der Waals surface area contributed by atoms with Crippen LogP contribution in [0.4, 0.5) is 4.79 Å². The average molecular weight is 302 g/mol. The first-order valence-corrected chi connectivity index (χ1v) is 7.26. The minimum Gasteiger partial charge on any atom is -0.341 e. The fraction of sp³-hybridized carbons (Fsp3) is 0.429. The third-order valence-corrected chi connectivity index (χ3v) is 3.92. The molecule has 0 radical (unpaired) electrons. The fourth-order valence-corrected chi connectivity index (χ4v) is 2.70. The summed E-state index contributed by atoms with van der Waals surface area (Å²) in [6.45, 7) is 1.23. The quantitative estimate of drug-likeness (QED) is 0.751. The zero-order valence-corrected chi connectivity index (χ0v) is 12.3. The van der Waals surface area contributed by atoms with Crippen LogP contribution < -0.4 is 10.6 Å². The van der Waals surface area contributed by atoms with Crippen LogP contribution in [0.5, 0.6) is 0 Å². The van der Waals surface area contributed by atoms with E-state index in [-0.39, 0.29) is 18.0 Å². The number of likely N-dealkylation sites (tertiary alicyclic amines) is 1. The van der Waals surface area contributed by atoms with Gasteiger partial charge in [0.05, 0.1) is 5.56 Å². The molecule has 2 heterocycles. The number of H-pyrrole nitrogens is 1. The van der Waals surface area contributed by atoms with E-state index in [1.807, 2.05) is 6.07 Å². The maximum Gasteiger partial charge on any atom is 0.314 e. The molecule has 1 aliphatic rings. The van der Waals surface area contributed by atoms with Crippen LogP contribution in [0.2, 0.25) is 0 Å². The molecule has 1 aliphatic heterocycles. The number of aromatic amines is 1. The van der Waals surface area contributed by atoms with E-state index in [2.05, 4.69) is 26.0 Å². The van der Waals surface area contributed by atoms with Gasteiger partial charge in [-0.25, -0.2) is 4.79 Å². The Hall–Kier alpha value is -2.64. The van der Waals surface area contributed by atoms with E-state index >= 15 is 0 Å². The Morgan fingerprint density at radius 3 is 2.77 bits per heavy atom. The minimum absolute atomic E-state index is 0.0436. The summed E-state index contributed by atoms with van der Waals surface area (Å²) in [4.78, 5) is 25.8. The molecule has 3 amide bonds. The van der Waals surface area contributed by atoms with E-state index in [1.54, 1.807) is 24.1 Å². The van der Waals surface area contributed by atoms with Crippen molar-refractivity contribution >= 4 is 23.0 Å². The van der Waals surface area contributed by atoms with Gasteiger partial charge in [-0.3, -0.25) is 4.79 Å². The number of rotatable bonds is 2. The molecule has 22 heavy (non-hydrogen) atoms. The highest BCUT2D eigenvalue weighted by atomic mass is 16.2. The predicted octanol–water partition coefficient (Wildman–Crippen LogP) is 0.491. The summed E-state index contributed by atoms with van der Waals surface area (Å²) >= 11 is 0. The Balaban J connectivity index is 1.67. The summed E-state index contributed by atoms with van der Waals surface area (Å²) in [6, 6.07) is 5.30. The number of carbonyl (C=O) groups excluding carboxylic acids is 2. The van der Waals surface area contributed by atoms with Crippen molar-refractivity contribution < 1.29 is 9.59 Å². The molecular formula is C14H18N6O2. The first kappa shape index (κ1) is 14.3. The first-order valence-electron chi connectivity index (χ1n) is 7.26. The number of amides is 3. The summed E-state index contributed by atoms with van der Waals surface area (Å²) in [5.74, 6) is -0.0436. The number of piperidine rings is 1. The number of benzene rings is 1. The van der Waals surface area contributed by atoms with Crippen molar-refractivity contribution in [1.29, 1.82) is 0 Å². The molecule has 2 aromatic rings. The number of nitrogens with zero attached hydrogens (tertiary/aromatic N) is 3. The van der Waals surface area contributed by atoms with Crippen molar-refractivity contribution in [2.24, 2.45) is 0 Å². The second-order valence-electron chi connectivity index (χ2n) is 5.29. The van der Waals surface area contributed by atoms with Gasteiger partial charge in [0.15, 0.2) is 0 Å². The van der Waals surface area contributed by atoms with Crippen LogP contribution in [-0.2, 0) is 0 Å². The smallest absolute Gasteiger partial charge is 0.314 e. The van der Waals surface area contributed by atoms with Crippen LogP contribution in [0.15, 0.2) is 18.2 Å². The fourth-order valence-electron chi connectivity index (χ4n) is 2.70. The Morgan fingerprint density at radius 1 is 1.27 bits per heavy atom. The van der Waals surface area contributed by atoms with Gasteiger partial charge in [0, 0.05) is 26.2 Å². The van der Waals surface area contributed by atoms with E-state index in [1.165, 1.54) is 0 Å². The van der Waals surface area contributed by atoms with Crippen molar-refractivity contribution in [3.05, 3.63) is 23.8 Å². The Labute approximate surface area is 127 Å². The summed E-state index contributed by atoms with van der Waals surface area (Å²) in [5, 5.41) is 16.0. The summed E-state index contributed by atoms with van der Waals surface area (Å²) in [6.07, 6.45) is 1.49. The normalized spacial score (nSPS) is 15.8. The average Bonchev–Trinajstić information content (AvgIpc) is 3.03. The third kappa shape index (κ3) is 2.72. The van der Waals surface area contributed by atoms with Crippen LogP contribution in [0, 0.1) is 0 Å². The third-order valence-electron chi connectivity index (χ3n) is 3.92. The number of aromatic nitrogens is 3. The molecule has 0 saturated carbocycles. The van der Waals surface area contributed by atoms with Gasteiger partial charge in [0.1, 0.15) is 11.0 Å². The second-order valence-corrected chi connectivity index (χ2v) is 5.29. The molecule has 0 aliphatic carbocycles. The van der Waals surface area contributed by atoms with Gasteiger partial charge < -0.3 is 15.5 Å². The van der Waals surface area contributed by atoms with Gasteiger partial charge in [-0.05, 0) is 25.0 Å². The van der Waals surface area contributed by atoms with Gasteiger partial charge >= 0.3 is 6.03 Å². The molecule has 0 atom stereocenters. The molecule has 0 bridgehead atoms. The highest BCUT2D eigenvalue weighted by molar-refractivity contribution is 6.04. The van der Waals surface area contributed by atoms with E-state index in [4.69, 9.17) is 0 Å². The van der Waals surface area contributed by atoms with Crippen molar-refractivity contribution in [2.45, 2.75) is 18.9 Å². The van der Waals surface area contributed by atoms with Crippen molar-refractivity contribution in [3.8, 4) is 0 Å². The lowest BCUT2D eigenvalue weighted by atomic mass is 10.0. The van der Waals surface area contributed by atoms with Crippen molar-refractivity contribution in [2.75, 3.05) is 20.1 Å². The molecule has 1 saturated heterocycles. The van der Waals surface area contributed by atoms with Gasteiger partial charge in [0.2, 0.25) is 0 Å². The predicted molar refractivity (Wildman–Crippen MR) is 80.4 cm³/mol. The topological polar surface area (TPSA) is 103 Å². The number of fused-ring (bicyclic) bond motifs is 1. The molecule has 0 unspecified atom stereocenters. The summed E-state index contributed by atoms with van der Waals surface area (Å²) in [7, 11) is 1.59. The molecule has 0 spiro atoms. The monoisotopic (exact) mass is 302 g/mol. The Morgan fingerprint density at radius 2 is 2.05 bits per heavy atom. The van der Waals surface area contributed by atoms with E-state index in [9.17, 15) is 9.59 Å². The number of nitrogens with one attached hydrogen (secondary N) is 3. The number of hydrogen-bond donors (Lipinski definition) is 3. The minimum atomic E-state index is -0.183. The van der Waals surface area contributed by atoms with Crippen molar-refractivity contribution in [1.82, 2.24) is 30.9 Å². The lowest BCUT2D eigenvalue weighted by molar-refractivity contribution is 0.0710. The molecule has 8 nitrogen and oxygen atoms in total. The zero-order valence-electron chi connectivity index (χ0n) is 12.3. The maximum atomic E-state index is 12.6. The number of para-hydroxylation sites is 1. The Kier molecular flexibility index (Phi) is 3.90. The molecule has 1 aromatic carbocycles. The highest BCUT2D eigenvalue weighted by Gasteiger charge is 2.25. The summed E-state index contributed by atoms with van der Waals surface area (Å²) in [5.41, 5.74) is 1.84. The number of carbonyl (C=O) groups is 2. The SMILES string of the molecule is CNC(=O)NC1CCN(C(=O)c2cccc3n[nH]nc23)CC1. The van der Waals surface area contributed by atoms with Crippen LogP contribution in [-0.4, -0.2) is 58.4 Å². The second kappa shape index (κ2) is 6.00. The first-order chi connectivity index (χ1) is 10.7. The van der Waals surface area contributed by atoms with Crippen LogP contribution in [0.25, 0.3) is 11.0 Å².